The number of aromatic nitrogens is 2. The molecule has 1 saturated carbocycles. The van der Waals surface area contributed by atoms with Crippen LogP contribution in [0.5, 0.6) is 0 Å². The first-order valence-electron chi connectivity index (χ1n) is 8.01. The molecule has 2 saturated heterocycles. The average molecular weight is 291 g/mol. The normalized spacial score (nSPS) is 27.2. The summed E-state index contributed by atoms with van der Waals surface area (Å²) >= 11 is 0. The van der Waals surface area contributed by atoms with E-state index in [1.165, 1.54) is 0 Å². The summed E-state index contributed by atoms with van der Waals surface area (Å²) in [6.07, 6.45) is 5.00. The Morgan fingerprint density at radius 3 is 2.67 bits per heavy atom. The first-order valence-corrected chi connectivity index (χ1v) is 8.01. The molecule has 0 bridgehead atoms. The van der Waals surface area contributed by atoms with E-state index in [0.29, 0.717) is 23.6 Å². The first-order chi connectivity index (χ1) is 10.3. The van der Waals surface area contributed by atoms with Gasteiger partial charge in [-0.2, -0.15) is 4.98 Å². The van der Waals surface area contributed by atoms with Crippen molar-refractivity contribution in [2.24, 2.45) is 5.92 Å². The van der Waals surface area contributed by atoms with Crippen molar-refractivity contribution in [2.45, 2.75) is 43.9 Å². The lowest BCUT2D eigenvalue weighted by Gasteiger charge is -2.18. The summed E-state index contributed by atoms with van der Waals surface area (Å²) in [5.74, 6) is 2.73. The molecule has 1 aliphatic carbocycles. The molecular weight excluding hydrogens is 270 g/mol. The van der Waals surface area contributed by atoms with Crippen molar-refractivity contribution in [3.63, 3.8) is 0 Å². The first kappa shape index (κ1) is 13.2. The van der Waals surface area contributed by atoms with Crippen molar-refractivity contribution in [2.75, 3.05) is 26.3 Å². The van der Waals surface area contributed by atoms with Crippen molar-refractivity contribution >= 4 is 5.91 Å². The zero-order valence-electron chi connectivity index (χ0n) is 12.2. The van der Waals surface area contributed by atoms with Crippen LogP contribution in [0.2, 0.25) is 0 Å². The maximum Gasteiger partial charge on any atom is 0.231 e. The third kappa shape index (κ3) is 2.69. The minimum absolute atomic E-state index is 0.216. The Morgan fingerprint density at radius 1 is 1.10 bits per heavy atom. The highest BCUT2D eigenvalue weighted by Gasteiger charge is 2.38. The fraction of sp³-hybridized carbons (Fsp3) is 0.800. The maximum absolute atomic E-state index is 12.1. The molecule has 0 radical (unpaired) electrons. The fourth-order valence-corrected chi connectivity index (χ4v) is 3.29. The monoisotopic (exact) mass is 291 g/mol. The van der Waals surface area contributed by atoms with Crippen LogP contribution in [-0.4, -0.2) is 47.3 Å². The van der Waals surface area contributed by atoms with Gasteiger partial charge in [-0.25, -0.2) is 0 Å². The number of ether oxygens (including phenoxy) is 1. The van der Waals surface area contributed by atoms with Crippen LogP contribution in [0.3, 0.4) is 0 Å². The zero-order valence-corrected chi connectivity index (χ0v) is 12.2. The van der Waals surface area contributed by atoms with Gasteiger partial charge in [0, 0.05) is 38.1 Å². The van der Waals surface area contributed by atoms with Gasteiger partial charge in [-0.1, -0.05) is 5.16 Å². The van der Waals surface area contributed by atoms with Crippen molar-refractivity contribution < 1.29 is 14.1 Å². The molecule has 3 fully saturated rings. The lowest BCUT2D eigenvalue weighted by molar-refractivity contribution is -0.131. The lowest BCUT2D eigenvalue weighted by Crippen LogP contribution is -2.29. The van der Waals surface area contributed by atoms with E-state index in [-0.39, 0.29) is 5.92 Å². The van der Waals surface area contributed by atoms with Gasteiger partial charge >= 0.3 is 0 Å². The molecule has 1 aromatic heterocycles. The van der Waals surface area contributed by atoms with Gasteiger partial charge in [-0.15, -0.1) is 0 Å². The van der Waals surface area contributed by atoms with E-state index in [9.17, 15) is 4.79 Å². The van der Waals surface area contributed by atoms with Crippen LogP contribution < -0.4 is 0 Å². The van der Waals surface area contributed by atoms with E-state index in [4.69, 9.17) is 9.26 Å². The zero-order chi connectivity index (χ0) is 14.2. The maximum atomic E-state index is 12.1. The number of hydrogen-bond donors (Lipinski definition) is 0. The van der Waals surface area contributed by atoms with E-state index < -0.39 is 0 Å². The summed E-state index contributed by atoms with van der Waals surface area (Å²) in [5, 5.41) is 4.16. The lowest BCUT2D eigenvalue weighted by atomic mass is 10.00. The highest BCUT2D eigenvalue weighted by atomic mass is 16.5. The summed E-state index contributed by atoms with van der Waals surface area (Å²) in [5.41, 5.74) is 0. The van der Waals surface area contributed by atoms with E-state index in [2.05, 4.69) is 10.1 Å². The highest BCUT2D eigenvalue weighted by Crippen LogP contribution is 2.35. The smallest absolute Gasteiger partial charge is 0.231 e. The quantitative estimate of drug-likeness (QED) is 0.847. The number of rotatable bonds is 3. The molecule has 1 unspecified atom stereocenters. The van der Waals surface area contributed by atoms with Crippen LogP contribution in [0, 0.1) is 5.92 Å². The molecule has 6 nitrogen and oxygen atoms in total. The minimum atomic E-state index is 0.216. The number of carbonyl (C=O) groups is 1. The van der Waals surface area contributed by atoms with E-state index in [1.54, 1.807) is 0 Å². The van der Waals surface area contributed by atoms with Gasteiger partial charge in [0.15, 0.2) is 5.82 Å². The second kappa shape index (κ2) is 5.40. The summed E-state index contributed by atoms with van der Waals surface area (Å²) in [6.45, 7) is 3.13. The standard InChI is InChI=1S/C15H21N3O3/c19-15(11-1-2-11)18-6-3-12(9-18)14-16-13(17-21-14)10-4-7-20-8-5-10/h10-12H,1-9H2. The fourth-order valence-electron chi connectivity index (χ4n) is 3.29. The Labute approximate surface area is 123 Å². The summed E-state index contributed by atoms with van der Waals surface area (Å²) in [4.78, 5) is 18.7. The van der Waals surface area contributed by atoms with Crippen molar-refractivity contribution in [3.05, 3.63) is 11.7 Å². The number of carbonyl (C=O) groups excluding carboxylic acids is 1. The molecule has 0 N–H and O–H groups in total. The largest absolute Gasteiger partial charge is 0.381 e. The van der Waals surface area contributed by atoms with Crippen molar-refractivity contribution in [3.8, 4) is 0 Å². The van der Waals surface area contributed by atoms with Crippen molar-refractivity contribution in [1.29, 1.82) is 0 Å². The number of nitrogens with zero attached hydrogens (tertiary/aromatic N) is 3. The topological polar surface area (TPSA) is 68.5 Å². The molecule has 2 aliphatic heterocycles. The van der Waals surface area contributed by atoms with Crippen LogP contribution in [0.1, 0.15) is 55.7 Å². The molecule has 0 spiro atoms. The second-order valence-electron chi connectivity index (χ2n) is 6.42. The van der Waals surface area contributed by atoms with Crippen LogP contribution in [0.15, 0.2) is 4.52 Å². The van der Waals surface area contributed by atoms with Gasteiger partial charge in [-0.3, -0.25) is 4.79 Å². The van der Waals surface area contributed by atoms with E-state index >= 15 is 0 Å². The van der Waals surface area contributed by atoms with Gasteiger partial charge in [-0.05, 0) is 32.1 Å². The van der Waals surface area contributed by atoms with Gasteiger partial charge < -0.3 is 14.2 Å². The van der Waals surface area contributed by atoms with Gasteiger partial charge in [0.2, 0.25) is 11.8 Å². The molecular formula is C15H21N3O3. The third-order valence-electron chi connectivity index (χ3n) is 4.82. The Morgan fingerprint density at radius 2 is 1.90 bits per heavy atom. The van der Waals surface area contributed by atoms with Crippen LogP contribution in [0.25, 0.3) is 0 Å². The molecule has 3 aliphatic rings. The SMILES string of the molecule is O=C(C1CC1)N1CCC(c2nc(C3CCOCC3)no2)C1. The molecule has 114 valence electrons. The van der Waals surface area contributed by atoms with Gasteiger partial charge in [0.05, 0.1) is 5.92 Å². The Balaban J connectivity index is 1.40. The van der Waals surface area contributed by atoms with Crippen LogP contribution in [-0.2, 0) is 9.53 Å². The third-order valence-corrected chi connectivity index (χ3v) is 4.82. The molecule has 0 aromatic carbocycles. The van der Waals surface area contributed by atoms with Gasteiger partial charge in [0.1, 0.15) is 0 Å². The molecule has 1 amide bonds. The molecule has 4 rings (SSSR count). The summed E-state index contributed by atoms with van der Waals surface area (Å²) in [6, 6.07) is 0. The van der Waals surface area contributed by atoms with E-state index in [0.717, 1.165) is 64.2 Å². The molecule has 1 atom stereocenters. The Hall–Kier alpha value is -1.43. The average Bonchev–Trinajstić information content (AvgIpc) is 3.06. The van der Waals surface area contributed by atoms with Gasteiger partial charge in [0.25, 0.3) is 0 Å². The number of hydrogen-bond acceptors (Lipinski definition) is 5. The summed E-state index contributed by atoms with van der Waals surface area (Å²) in [7, 11) is 0. The molecule has 6 heteroatoms. The second-order valence-corrected chi connectivity index (χ2v) is 6.42. The van der Waals surface area contributed by atoms with Crippen LogP contribution >= 0.6 is 0 Å². The molecule has 1 aromatic rings. The minimum Gasteiger partial charge on any atom is -0.381 e. The van der Waals surface area contributed by atoms with Crippen LogP contribution in [0.4, 0.5) is 0 Å². The van der Waals surface area contributed by atoms with Crippen molar-refractivity contribution in [1.82, 2.24) is 15.0 Å². The predicted octanol–water partition coefficient (Wildman–Crippen LogP) is 1.69. The number of amides is 1. The molecule has 3 heterocycles. The highest BCUT2D eigenvalue weighted by molar-refractivity contribution is 5.81. The van der Waals surface area contributed by atoms with E-state index in [1.807, 2.05) is 4.90 Å². The summed E-state index contributed by atoms with van der Waals surface area (Å²) < 4.78 is 10.8. The Kier molecular flexibility index (Phi) is 3.41. The predicted molar refractivity (Wildman–Crippen MR) is 73.8 cm³/mol. The number of likely N-dealkylation sites (tertiary alicyclic amines) is 1. The Bertz CT molecular complexity index is 520. The molecule has 21 heavy (non-hydrogen) atoms.